The van der Waals surface area contributed by atoms with Crippen molar-refractivity contribution in [3.05, 3.63) is 0 Å². The van der Waals surface area contributed by atoms with E-state index in [-0.39, 0.29) is 81.8 Å². The summed E-state index contributed by atoms with van der Waals surface area (Å²) in [5.41, 5.74) is -1.65. The predicted molar refractivity (Wildman–Crippen MR) is 264 cm³/mol. The molecule has 0 radical (unpaired) electrons. The van der Waals surface area contributed by atoms with E-state index in [0.717, 1.165) is 89.9 Å². The van der Waals surface area contributed by atoms with E-state index in [1.54, 1.807) is 14.2 Å². The Hall–Kier alpha value is -1.46. The first kappa shape index (κ1) is 57.1. The molecule has 4 aliphatic rings. The van der Waals surface area contributed by atoms with Crippen LogP contribution in [0.2, 0.25) is 0 Å². The minimum atomic E-state index is -0.628. The van der Waals surface area contributed by atoms with Gasteiger partial charge in [0.1, 0.15) is 0 Å². The second-order valence-electron chi connectivity index (χ2n) is 25.9. The van der Waals surface area contributed by atoms with Crippen molar-refractivity contribution in [3.63, 3.8) is 0 Å². The van der Waals surface area contributed by atoms with Crippen molar-refractivity contribution in [3.8, 4) is 0 Å². The number of carbonyl (C=O) groups is 2. The maximum Gasteiger partial charge on any atom is 0.209 e. The van der Waals surface area contributed by atoms with E-state index in [0.29, 0.717) is 26.2 Å². The van der Waals surface area contributed by atoms with Crippen molar-refractivity contribution in [2.45, 2.75) is 269 Å². The Labute approximate surface area is 402 Å². The highest BCUT2D eigenvalue weighted by atomic mass is 16.7. The lowest BCUT2D eigenvalue weighted by Crippen LogP contribution is -2.65. The van der Waals surface area contributed by atoms with Crippen LogP contribution in [-0.4, -0.2) is 187 Å². The number of hydrogen-bond acceptors (Lipinski definition) is 12. The van der Waals surface area contributed by atoms with Crippen LogP contribution in [0.15, 0.2) is 0 Å². The Morgan fingerprint density at radius 3 is 0.985 bits per heavy atom. The summed E-state index contributed by atoms with van der Waals surface area (Å²) < 4.78 is 12.8. The number of ether oxygens (including phenoxy) is 2. The molecule has 2 unspecified atom stereocenters. The van der Waals surface area contributed by atoms with E-state index in [2.05, 4.69) is 131 Å². The number of β-amino-alcohol motifs (C(OH)–C–C–N with tert-alkyl or cyclic N) is 2. The average molecular weight is 937 g/mol. The SMILES string of the molecule is CON1C(C)(C)CC(OCC(O)CN2C(C)(C)CC(N(C=O)CCCCCCN(C=O)C3CC(C)(C)N(CC(O)COC4CC(C)(C)N(OC)C(C)(C)C4)C(C)(C)C3)CC2(C)C)CC1(C)C. The summed E-state index contributed by atoms with van der Waals surface area (Å²) in [7, 11) is 3.47. The molecule has 4 heterocycles. The number of likely N-dealkylation sites (tertiary alicyclic amines) is 2. The first-order valence-electron chi connectivity index (χ1n) is 25.5. The number of piperidine rings is 4. The second kappa shape index (κ2) is 21.9. The van der Waals surface area contributed by atoms with Gasteiger partial charge in [-0.2, -0.15) is 10.1 Å². The van der Waals surface area contributed by atoms with Crippen molar-refractivity contribution >= 4 is 12.8 Å². The molecule has 0 bridgehead atoms. The summed E-state index contributed by atoms with van der Waals surface area (Å²) in [6.45, 7) is 38.4. The molecule has 0 aromatic carbocycles. The third kappa shape index (κ3) is 14.1. The Balaban J connectivity index is 1.20. The summed E-state index contributed by atoms with van der Waals surface area (Å²) >= 11 is 0. The molecule has 0 aliphatic carbocycles. The van der Waals surface area contributed by atoms with Crippen molar-refractivity contribution in [2.75, 3.05) is 53.6 Å². The molecule has 0 saturated carbocycles. The van der Waals surface area contributed by atoms with Gasteiger partial charge in [0.25, 0.3) is 0 Å². The van der Waals surface area contributed by atoms with Crippen LogP contribution in [0, 0.1) is 0 Å². The van der Waals surface area contributed by atoms with Gasteiger partial charge in [0, 0.05) is 82.6 Å². The zero-order valence-corrected chi connectivity index (χ0v) is 45.4. The fraction of sp³-hybridized carbons (Fsp3) is 0.962. The molecule has 66 heavy (non-hydrogen) atoms. The molecule has 4 fully saturated rings. The predicted octanol–water partition coefficient (Wildman–Crippen LogP) is 7.43. The van der Waals surface area contributed by atoms with Crippen LogP contribution >= 0.6 is 0 Å². The molecular weight excluding hydrogens is 837 g/mol. The lowest BCUT2D eigenvalue weighted by molar-refractivity contribution is -0.281. The van der Waals surface area contributed by atoms with Gasteiger partial charge < -0.3 is 39.2 Å². The topological polar surface area (TPSA) is 131 Å². The molecule has 386 valence electrons. The first-order chi connectivity index (χ1) is 30.3. The smallest absolute Gasteiger partial charge is 0.209 e. The Morgan fingerprint density at radius 2 is 0.742 bits per heavy atom. The number of hydroxylamine groups is 4. The zero-order valence-electron chi connectivity index (χ0n) is 45.4. The normalized spacial score (nSPS) is 27.0. The van der Waals surface area contributed by atoms with Crippen LogP contribution in [0.1, 0.15) is 188 Å². The van der Waals surface area contributed by atoms with Gasteiger partial charge in [0.05, 0.1) is 51.8 Å². The second-order valence-corrected chi connectivity index (χ2v) is 25.9. The number of hydrogen-bond donors (Lipinski definition) is 2. The van der Waals surface area contributed by atoms with E-state index < -0.39 is 12.2 Å². The molecule has 14 nitrogen and oxygen atoms in total. The summed E-state index contributed by atoms with van der Waals surface area (Å²) in [6.07, 6.45) is 11.3. The van der Waals surface area contributed by atoms with E-state index in [4.69, 9.17) is 19.1 Å². The Bertz CT molecular complexity index is 1370. The zero-order chi connectivity index (χ0) is 49.9. The Morgan fingerprint density at radius 1 is 0.470 bits per heavy atom. The molecule has 0 spiro atoms. The van der Waals surface area contributed by atoms with Gasteiger partial charge in [-0.15, -0.1) is 0 Å². The number of unbranched alkanes of at least 4 members (excludes halogenated alkanes) is 3. The van der Waals surface area contributed by atoms with Crippen molar-refractivity contribution in [1.82, 2.24) is 29.7 Å². The van der Waals surface area contributed by atoms with Crippen LogP contribution in [-0.2, 0) is 28.7 Å². The van der Waals surface area contributed by atoms with E-state index in [1.807, 2.05) is 9.80 Å². The summed E-state index contributed by atoms with van der Waals surface area (Å²) in [6, 6.07) is 0.229. The standard InChI is InChI=1S/C52H100N6O8/c1-45(2)25-39(26-46(3,4)55(45)33-41(61)35-65-43-29-49(9,10)57(63-17)50(11,12)30-43)53(37-59)23-21-19-20-22-24-54(38-60)40-27-47(5,6)56(48(7,8)28-40)34-42(62)36-66-44-31-51(13,14)58(64-18)52(15,16)32-44/h37-44,61-62H,19-36H2,1-18H3. The molecule has 4 saturated heterocycles. The summed E-state index contributed by atoms with van der Waals surface area (Å²) in [5, 5.41) is 26.8. The highest BCUT2D eigenvalue weighted by Crippen LogP contribution is 2.44. The maximum absolute atomic E-state index is 12.6. The van der Waals surface area contributed by atoms with E-state index >= 15 is 0 Å². The molecule has 14 heteroatoms. The van der Waals surface area contributed by atoms with Crippen molar-refractivity contribution in [2.24, 2.45) is 0 Å². The lowest BCUT2D eigenvalue weighted by Gasteiger charge is -2.57. The maximum atomic E-state index is 12.6. The number of amides is 2. The highest BCUT2D eigenvalue weighted by molar-refractivity contribution is 5.48. The molecule has 4 aliphatic heterocycles. The molecule has 0 aromatic rings. The van der Waals surface area contributed by atoms with E-state index in [1.165, 1.54) is 0 Å². The molecular formula is C52H100N6O8. The van der Waals surface area contributed by atoms with Crippen LogP contribution < -0.4 is 0 Å². The third-order valence-corrected chi connectivity index (χ3v) is 16.0. The average Bonchev–Trinajstić information content (AvgIpc) is 3.15. The number of rotatable bonds is 23. The largest absolute Gasteiger partial charge is 0.389 e. The minimum Gasteiger partial charge on any atom is -0.389 e. The number of nitrogens with zero attached hydrogens (tertiary/aromatic N) is 6. The monoisotopic (exact) mass is 937 g/mol. The fourth-order valence-electron chi connectivity index (χ4n) is 14.2. The first-order valence-corrected chi connectivity index (χ1v) is 25.5. The van der Waals surface area contributed by atoms with Gasteiger partial charge in [-0.25, -0.2) is 0 Å². The number of aliphatic hydroxyl groups excluding tert-OH is 2. The quantitative estimate of drug-likeness (QED) is 0.0781. The fourth-order valence-corrected chi connectivity index (χ4v) is 14.2. The van der Waals surface area contributed by atoms with Crippen LogP contribution in [0.25, 0.3) is 0 Å². The van der Waals surface area contributed by atoms with Gasteiger partial charge in [-0.05, 0) is 175 Å². The van der Waals surface area contributed by atoms with Gasteiger partial charge in [0.2, 0.25) is 12.8 Å². The highest BCUT2D eigenvalue weighted by Gasteiger charge is 2.51. The summed E-state index contributed by atoms with van der Waals surface area (Å²) in [5.74, 6) is 0. The van der Waals surface area contributed by atoms with Gasteiger partial charge in [0.15, 0.2) is 0 Å². The van der Waals surface area contributed by atoms with Gasteiger partial charge in [-0.3, -0.25) is 19.4 Å². The van der Waals surface area contributed by atoms with E-state index in [9.17, 15) is 19.8 Å². The number of carbonyl (C=O) groups excluding carboxylic acids is 2. The summed E-state index contributed by atoms with van der Waals surface area (Å²) in [4.78, 5) is 45.6. The molecule has 4 rings (SSSR count). The van der Waals surface area contributed by atoms with Gasteiger partial charge >= 0.3 is 0 Å². The van der Waals surface area contributed by atoms with Crippen LogP contribution in [0.3, 0.4) is 0 Å². The third-order valence-electron chi connectivity index (χ3n) is 16.0. The van der Waals surface area contributed by atoms with Crippen molar-refractivity contribution in [1.29, 1.82) is 0 Å². The van der Waals surface area contributed by atoms with Gasteiger partial charge in [-0.1, -0.05) is 12.8 Å². The molecule has 2 amide bonds. The minimum absolute atomic E-state index is 0.0346. The van der Waals surface area contributed by atoms with Crippen LogP contribution in [0.5, 0.6) is 0 Å². The van der Waals surface area contributed by atoms with Crippen molar-refractivity contribution < 1.29 is 39.0 Å². The number of aliphatic hydroxyl groups is 2. The molecule has 2 N–H and O–H groups in total. The molecule has 0 aromatic heterocycles. The Kier molecular flexibility index (Phi) is 18.9. The molecule has 2 atom stereocenters. The lowest BCUT2D eigenvalue weighted by atomic mass is 9.76. The van der Waals surface area contributed by atoms with Crippen LogP contribution in [0.4, 0.5) is 0 Å².